The van der Waals surface area contributed by atoms with Crippen LogP contribution in [0.1, 0.15) is 0 Å². The van der Waals surface area contributed by atoms with Gasteiger partial charge in [-0.15, -0.1) is 0 Å². The van der Waals surface area contributed by atoms with Crippen LogP contribution in [-0.2, 0) is 0 Å². The highest BCUT2D eigenvalue weighted by atomic mass is 15.0. The Kier molecular flexibility index (Phi) is 6.09. The SMILES string of the molecule is c1ccc(-c2ccc(-n3c4ccccc4c4cc(-c5ccc6c(c5)c5c7cccc8c7c(cc5n6-c5ccccc5)-c5ccccc5-8)ccc43)cc2)cc1. The molecular formula is C52H32N2. The largest absolute Gasteiger partial charge is 0.309 e. The summed E-state index contributed by atoms with van der Waals surface area (Å²) in [6.07, 6.45) is 0. The topological polar surface area (TPSA) is 9.86 Å². The van der Waals surface area contributed by atoms with Crippen molar-refractivity contribution in [3.63, 3.8) is 0 Å². The lowest BCUT2D eigenvalue weighted by molar-refractivity contribution is 1.18. The third-order valence-electron chi connectivity index (χ3n) is 11.6. The molecule has 0 bridgehead atoms. The lowest BCUT2D eigenvalue weighted by atomic mass is 9.96. The Morgan fingerprint density at radius 2 is 0.759 bits per heavy atom. The highest BCUT2D eigenvalue weighted by molar-refractivity contribution is 6.29. The molecule has 0 radical (unpaired) electrons. The van der Waals surface area contributed by atoms with E-state index in [2.05, 4.69) is 203 Å². The normalized spacial score (nSPS) is 12.1. The molecule has 9 aromatic carbocycles. The third kappa shape index (κ3) is 4.11. The van der Waals surface area contributed by atoms with Gasteiger partial charge in [0, 0.05) is 32.9 Å². The van der Waals surface area contributed by atoms with E-state index >= 15 is 0 Å². The average molecular weight is 685 g/mol. The second-order valence-corrected chi connectivity index (χ2v) is 14.5. The van der Waals surface area contributed by atoms with Crippen molar-refractivity contribution >= 4 is 54.4 Å². The predicted octanol–water partition coefficient (Wildman–Crippen LogP) is 14.0. The summed E-state index contributed by atoms with van der Waals surface area (Å²) in [6, 6.07) is 71.4. The van der Waals surface area contributed by atoms with E-state index in [0.29, 0.717) is 0 Å². The second kappa shape index (κ2) is 11.2. The molecule has 0 N–H and O–H groups in total. The second-order valence-electron chi connectivity index (χ2n) is 14.5. The minimum Gasteiger partial charge on any atom is -0.309 e. The fourth-order valence-corrected chi connectivity index (χ4v) is 9.28. The molecule has 54 heavy (non-hydrogen) atoms. The number of aromatic nitrogens is 2. The van der Waals surface area contributed by atoms with Crippen LogP contribution in [0.3, 0.4) is 0 Å². The van der Waals surface area contributed by atoms with Crippen molar-refractivity contribution in [2.24, 2.45) is 0 Å². The van der Waals surface area contributed by atoms with Gasteiger partial charge in [-0.05, 0) is 116 Å². The van der Waals surface area contributed by atoms with Crippen LogP contribution in [0, 0.1) is 0 Å². The molecular weight excluding hydrogens is 653 g/mol. The van der Waals surface area contributed by atoms with Gasteiger partial charge in [-0.3, -0.25) is 0 Å². The first-order valence-corrected chi connectivity index (χ1v) is 18.7. The van der Waals surface area contributed by atoms with Crippen LogP contribution in [0.25, 0.3) is 110 Å². The molecule has 0 saturated heterocycles. The summed E-state index contributed by atoms with van der Waals surface area (Å²) in [4.78, 5) is 0. The van der Waals surface area contributed by atoms with Crippen LogP contribution in [-0.4, -0.2) is 9.13 Å². The van der Waals surface area contributed by atoms with Gasteiger partial charge in [-0.25, -0.2) is 0 Å². The van der Waals surface area contributed by atoms with Gasteiger partial charge in [0.25, 0.3) is 0 Å². The molecule has 11 aromatic rings. The number of fused-ring (bicyclic) bond motifs is 10. The van der Waals surface area contributed by atoms with Crippen LogP contribution >= 0.6 is 0 Å². The first kappa shape index (κ1) is 29.4. The van der Waals surface area contributed by atoms with Crippen molar-refractivity contribution in [3.8, 4) is 55.9 Å². The van der Waals surface area contributed by atoms with Gasteiger partial charge in [-0.1, -0.05) is 133 Å². The average Bonchev–Trinajstić information content (AvgIpc) is 3.88. The first-order chi connectivity index (χ1) is 26.8. The molecule has 0 saturated carbocycles. The summed E-state index contributed by atoms with van der Waals surface area (Å²) in [6.45, 7) is 0. The molecule has 0 atom stereocenters. The Morgan fingerprint density at radius 3 is 1.54 bits per heavy atom. The van der Waals surface area contributed by atoms with Gasteiger partial charge in [0.15, 0.2) is 0 Å². The van der Waals surface area contributed by atoms with E-state index in [1.807, 2.05) is 0 Å². The molecule has 0 spiro atoms. The Hall–Kier alpha value is -7.16. The van der Waals surface area contributed by atoms with Crippen LogP contribution in [0.4, 0.5) is 0 Å². The summed E-state index contributed by atoms with van der Waals surface area (Å²) < 4.78 is 4.86. The molecule has 250 valence electrons. The molecule has 0 amide bonds. The quantitative estimate of drug-likeness (QED) is 0.175. The van der Waals surface area contributed by atoms with Crippen LogP contribution < -0.4 is 0 Å². The van der Waals surface area contributed by atoms with Crippen molar-refractivity contribution in [3.05, 3.63) is 194 Å². The maximum atomic E-state index is 2.46. The van der Waals surface area contributed by atoms with E-state index in [0.717, 1.165) is 5.69 Å². The first-order valence-electron chi connectivity index (χ1n) is 18.7. The number of para-hydroxylation sites is 2. The number of rotatable bonds is 4. The van der Waals surface area contributed by atoms with Crippen molar-refractivity contribution in [1.82, 2.24) is 9.13 Å². The summed E-state index contributed by atoms with van der Waals surface area (Å²) in [5.74, 6) is 0. The third-order valence-corrected chi connectivity index (χ3v) is 11.6. The fourth-order valence-electron chi connectivity index (χ4n) is 9.28. The van der Waals surface area contributed by atoms with E-state index in [1.54, 1.807) is 0 Å². The van der Waals surface area contributed by atoms with Gasteiger partial charge in [0.2, 0.25) is 0 Å². The predicted molar refractivity (Wildman–Crippen MR) is 228 cm³/mol. The molecule has 0 aliphatic heterocycles. The van der Waals surface area contributed by atoms with Gasteiger partial charge in [0.1, 0.15) is 0 Å². The van der Waals surface area contributed by atoms with Crippen LogP contribution in [0.15, 0.2) is 194 Å². The van der Waals surface area contributed by atoms with Crippen molar-refractivity contribution in [2.75, 3.05) is 0 Å². The van der Waals surface area contributed by atoms with Crippen molar-refractivity contribution in [1.29, 1.82) is 0 Å². The molecule has 2 nitrogen and oxygen atoms in total. The molecule has 12 rings (SSSR count). The van der Waals surface area contributed by atoms with Crippen molar-refractivity contribution in [2.45, 2.75) is 0 Å². The Morgan fingerprint density at radius 1 is 0.241 bits per heavy atom. The van der Waals surface area contributed by atoms with Gasteiger partial charge in [0.05, 0.1) is 22.1 Å². The maximum absolute atomic E-state index is 2.46. The fraction of sp³-hybridized carbons (Fsp3) is 0. The Labute approximate surface area is 312 Å². The molecule has 2 heterocycles. The number of hydrogen-bond acceptors (Lipinski definition) is 0. The van der Waals surface area contributed by atoms with Crippen molar-refractivity contribution < 1.29 is 0 Å². The summed E-state index contributed by atoms with van der Waals surface area (Å²) in [5.41, 5.74) is 17.4. The number of nitrogens with zero attached hydrogens (tertiary/aromatic N) is 2. The Bertz CT molecular complexity index is 3290. The van der Waals surface area contributed by atoms with Crippen LogP contribution in [0.2, 0.25) is 0 Å². The smallest absolute Gasteiger partial charge is 0.0553 e. The highest BCUT2D eigenvalue weighted by Crippen LogP contribution is 2.51. The van der Waals surface area contributed by atoms with E-state index in [9.17, 15) is 0 Å². The van der Waals surface area contributed by atoms with E-state index in [-0.39, 0.29) is 0 Å². The lowest BCUT2D eigenvalue weighted by Gasteiger charge is -2.10. The summed E-state index contributed by atoms with van der Waals surface area (Å²) in [7, 11) is 0. The zero-order chi connectivity index (χ0) is 35.3. The van der Waals surface area contributed by atoms with Gasteiger partial charge < -0.3 is 9.13 Å². The minimum absolute atomic E-state index is 1.16. The Balaban J connectivity index is 1.07. The molecule has 2 heteroatoms. The monoisotopic (exact) mass is 684 g/mol. The summed E-state index contributed by atoms with van der Waals surface area (Å²) in [5, 5.41) is 7.75. The van der Waals surface area contributed by atoms with Gasteiger partial charge in [-0.2, -0.15) is 0 Å². The van der Waals surface area contributed by atoms with Crippen LogP contribution in [0.5, 0.6) is 0 Å². The number of benzene rings is 9. The number of hydrogen-bond donors (Lipinski definition) is 0. The van der Waals surface area contributed by atoms with E-state index in [4.69, 9.17) is 0 Å². The standard InChI is InChI=1S/C52H32N2/c1-3-12-33(13-4-1)34-22-26-38(27-23-34)53-47-21-10-9-18-41(47)44-30-35(24-28-48(44)53)36-25-29-49-46(31-36)52-43-20-11-19-42-39-16-7-8-17-40(39)45(51(42)43)32-50(52)54(49)37-14-5-2-6-15-37/h1-32H. The molecule has 1 aliphatic carbocycles. The van der Waals surface area contributed by atoms with Gasteiger partial charge >= 0.3 is 0 Å². The highest BCUT2D eigenvalue weighted by Gasteiger charge is 2.25. The van der Waals surface area contributed by atoms with E-state index in [1.165, 1.54) is 105 Å². The lowest BCUT2D eigenvalue weighted by Crippen LogP contribution is -1.94. The van der Waals surface area contributed by atoms with E-state index < -0.39 is 0 Å². The minimum atomic E-state index is 1.16. The molecule has 0 fully saturated rings. The summed E-state index contributed by atoms with van der Waals surface area (Å²) >= 11 is 0. The zero-order valence-corrected chi connectivity index (χ0v) is 29.4. The molecule has 2 aromatic heterocycles. The molecule has 1 aliphatic rings. The maximum Gasteiger partial charge on any atom is 0.0553 e. The molecule has 0 unspecified atom stereocenters. The zero-order valence-electron chi connectivity index (χ0n) is 29.4.